The van der Waals surface area contributed by atoms with Crippen LogP contribution in [0.1, 0.15) is 49.9 Å². The van der Waals surface area contributed by atoms with Crippen LogP contribution in [0.5, 0.6) is 0 Å². The van der Waals surface area contributed by atoms with E-state index < -0.39 is 0 Å². The minimum atomic E-state index is -0.291. The highest BCUT2D eigenvalue weighted by Gasteiger charge is 2.38. The van der Waals surface area contributed by atoms with Gasteiger partial charge in [-0.25, -0.2) is 0 Å². The Morgan fingerprint density at radius 1 is 0.268 bits per heavy atom. The Bertz CT molecular complexity index is 4970. The molecular formula is C78H58N4. The zero-order chi connectivity index (χ0) is 55.2. The molecule has 14 aromatic rings. The highest BCUT2D eigenvalue weighted by Crippen LogP contribution is 2.55. The number of para-hydroxylation sites is 4. The lowest BCUT2D eigenvalue weighted by atomic mass is 9.78. The number of nitrogens with zero attached hydrogens (tertiary/aromatic N) is 2. The predicted molar refractivity (Wildman–Crippen MR) is 346 cm³/mol. The van der Waals surface area contributed by atoms with E-state index in [0.717, 1.165) is 56.1 Å². The summed E-state index contributed by atoms with van der Waals surface area (Å²) in [7, 11) is 0. The molecule has 0 spiro atoms. The molecule has 0 bridgehead atoms. The molecule has 4 N–H and O–H groups in total. The van der Waals surface area contributed by atoms with Gasteiger partial charge in [-0.05, 0) is 198 Å². The lowest BCUT2D eigenvalue weighted by Crippen LogP contribution is -2.15. The van der Waals surface area contributed by atoms with Crippen LogP contribution >= 0.6 is 0 Å². The molecule has 2 heterocycles. The van der Waals surface area contributed by atoms with Crippen LogP contribution in [0, 0.1) is 0 Å². The third kappa shape index (κ3) is 7.04. The third-order valence-electron chi connectivity index (χ3n) is 18.4. The molecular weight excluding hydrogens is 993 g/mol. The van der Waals surface area contributed by atoms with Crippen molar-refractivity contribution in [1.82, 2.24) is 9.13 Å². The van der Waals surface area contributed by atoms with E-state index in [1.807, 2.05) is 12.1 Å². The first-order valence-electron chi connectivity index (χ1n) is 28.6. The highest BCUT2D eigenvalue weighted by molar-refractivity contribution is 6.12. The number of aromatic nitrogens is 2. The Labute approximate surface area is 477 Å². The zero-order valence-electron chi connectivity index (χ0n) is 46.3. The molecule has 12 aromatic carbocycles. The minimum Gasteiger partial charge on any atom is -0.399 e. The van der Waals surface area contributed by atoms with Gasteiger partial charge in [-0.15, -0.1) is 0 Å². The Morgan fingerprint density at radius 3 is 1.07 bits per heavy atom. The van der Waals surface area contributed by atoms with Crippen molar-refractivity contribution in [3.8, 4) is 89.3 Å². The number of nitrogens with two attached hydrogens (primary N) is 2. The van der Waals surface area contributed by atoms with Crippen LogP contribution in [0.15, 0.2) is 255 Å². The van der Waals surface area contributed by atoms with Crippen LogP contribution in [0.3, 0.4) is 0 Å². The van der Waals surface area contributed by atoms with Crippen molar-refractivity contribution in [1.29, 1.82) is 0 Å². The monoisotopic (exact) mass is 1050 g/mol. The first-order chi connectivity index (χ1) is 40.0. The van der Waals surface area contributed by atoms with Crippen molar-refractivity contribution in [3.63, 3.8) is 0 Å². The van der Waals surface area contributed by atoms with Crippen molar-refractivity contribution in [2.45, 2.75) is 38.5 Å². The summed E-state index contributed by atoms with van der Waals surface area (Å²) in [4.78, 5) is 0. The molecule has 2 aliphatic carbocycles. The van der Waals surface area contributed by atoms with Crippen LogP contribution in [0.25, 0.3) is 133 Å². The average molecular weight is 1050 g/mol. The van der Waals surface area contributed by atoms with Gasteiger partial charge in [-0.2, -0.15) is 0 Å². The fraction of sp³-hybridized carbons (Fsp3) is 0.0769. The van der Waals surface area contributed by atoms with E-state index in [9.17, 15) is 0 Å². The Hall–Kier alpha value is -10.2. The molecule has 2 aromatic heterocycles. The van der Waals surface area contributed by atoms with Crippen molar-refractivity contribution in [2.24, 2.45) is 0 Å². The fourth-order valence-corrected chi connectivity index (χ4v) is 14.3. The summed E-state index contributed by atoms with van der Waals surface area (Å²) in [6, 6.07) is 93.7. The topological polar surface area (TPSA) is 61.9 Å². The molecule has 4 nitrogen and oxygen atoms in total. The average Bonchev–Trinajstić information content (AvgIpc) is 4.34. The lowest BCUT2D eigenvalue weighted by molar-refractivity contribution is 0.660. The number of anilines is 2. The summed E-state index contributed by atoms with van der Waals surface area (Å²) >= 11 is 0. The van der Waals surface area contributed by atoms with Gasteiger partial charge in [0.25, 0.3) is 0 Å². The molecule has 0 unspecified atom stereocenters. The zero-order valence-corrected chi connectivity index (χ0v) is 46.3. The quantitative estimate of drug-likeness (QED) is 0.156. The predicted octanol–water partition coefficient (Wildman–Crippen LogP) is 20.0. The molecule has 4 heteroatoms. The Kier molecular flexibility index (Phi) is 10.3. The van der Waals surface area contributed by atoms with Gasteiger partial charge >= 0.3 is 0 Å². The first-order valence-corrected chi connectivity index (χ1v) is 28.6. The molecule has 0 radical (unpaired) electrons. The summed E-state index contributed by atoms with van der Waals surface area (Å²) < 4.78 is 4.76. The third-order valence-corrected chi connectivity index (χ3v) is 18.4. The lowest BCUT2D eigenvalue weighted by Gasteiger charge is -2.25. The van der Waals surface area contributed by atoms with Gasteiger partial charge in [0.05, 0.1) is 22.1 Å². The summed E-state index contributed by atoms with van der Waals surface area (Å²) in [5.41, 5.74) is 43.5. The smallest absolute Gasteiger partial charge is 0.0541 e. The van der Waals surface area contributed by atoms with Gasteiger partial charge in [-0.3, -0.25) is 0 Å². The first kappa shape index (κ1) is 47.8. The normalized spacial score (nSPS) is 13.7. The van der Waals surface area contributed by atoms with Gasteiger partial charge in [0.15, 0.2) is 0 Å². The number of benzene rings is 12. The molecule has 0 fully saturated rings. The summed E-state index contributed by atoms with van der Waals surface area (Å²) in [5.74, 6) is 0. The second kappa shape index (κ2) is 17.7. The summed E-state index contributed by atoms with van der Waals surface area (Å²) in [5, 5.41) is 5.00. The maximum atomic E-state index is 7.33. The van der Waals surface area contributed by atoms with Crippen LogP contribution in [-0.4, -0.2) is 9.13 Å². The SMILES string of the molecule is CC1(C)c2cc(-c3ccc4c(c3)c3ccccc3n4-c3ccccc3)ccc2-c2ccc(-c3c(N)ccc(-c4ccc(N)cc4)c3-c3ccc4c(c3)C(C)(C)c3cc(-c5ccc6c(c5)c5ccccc5n6-c5ccccc5)ccc3-4)cc21. The van der Waals surface area contributed by atoms with Crippen molar-refractivity contribution in [2.75, 3.05) is 11.5 Å². The molecule has 2 aliphatic rings. The van der Waals surface area contributed by atoms with E-state index in [-0.39, 0.29) is 10.8 Å². The second-order valence-corrected chi connectivity index (χ2v) is 23.7. The van der Waals surface area contributed by atoms with Gasteiger partial charge in [0, 0.05) is 60.7 Å². The Morgan fingerprint density at radius 2 is 0.610 bits per heavy atom. The maximum absolute atomic E-state index is 7.33. The number of rotatable bonds is 7. The van der Waals surface area contributed by atoms with Gasteiger partial charge in [-0.1, -0.05) is 179 Å². The van der Waals surface area contributed by atoms with Gasteiger partial charge in [0.2, 0.25) is 0 Å². The van der Waals surface area contributed by atoms with E-state index in [0.29, 0.717) is 0 Å². The van der Waals surface area contributed by atoms with Gasteiger partial charge in [0.1, 0.15) is 0 Å². The molecule has 390 valence electrons. The number of nitrogen functional groups attached to an aromatic ring is 2. The number of hydrogen-bond donors (Lipinski definition) is 2. The molecule has 0 atom stereocenters. The standard InChI is InChI=1S/C78H58N4/c1-77(2)66-43-50(48-29-39-73-64(41-48)62-19-11-13-21-71(62)81(73)55-15-7-5-8-16-55)25-33-58(66)60-35-27-52(45-68(60)77)75-57(47-23-31-54(79)32-24-47)37-38-70(80)76(75)53-28-36-61-59-34-26-51(44-67(59)78(3,4)69(61)46-53)49-30-40-74-65(42-49)63-20-12-14-22-72(63)82(74)56-17-9-6-10-18-56/h5-46H,79-80H2,1-4H3. The Balaban J connectivity index is 0.783. The number of hydrogen-bond acceptors (Lipinski definition) is 2. The largest absolute Gasteiger partial charge is 0.399 e. The van der Waals surface area contributed by atoms with Crippen LogP contribution < -0.4 is 11.5 Å². The van der Waals surface area contributed by atoms with E-state index in [2.05, 4.69) is 279 Å². The van der Waals surface area contributed by atoms with Crippen LogP contribution in [-0.2, 0) is 10.8 Å². The maximum Gasteiger partial charge on any atom is 0.0541 e. The molecule has 16 rings (SSSR count). The minimum absolute atomic E-state index is 0.289. The molecule has 0 aliphatic heterocycles. The molecule has 0 amide bonds. The van der Waals surface area contributed by atoms with E-state index in [1.165, 1.54) is 110 Å². The number of fused-ring (bicyclic) bond motifs is 12. The van der Waals surface area contributed by atoms with Gasteiger partial charge < -0.3 is 20.6 Å². The van der Waals surface area contributed by atoms with E-state index in [1.54, 1.807) is 0 Å². The molecule has 82 heavy (non-hydrogen) atoms. The van der Waals surface area contributed by atoms with Crippen LogP contribution in [0.4, 0.5) is 11.4 Å². The van der Waals surface area contributed by atoms with E-state index >= 15 is 0 Å². The molecule has 0 saturated carbocycles. The van der Waals surface area contributed by atoms with Crippen molar-refractivity contribution >= 4 is 55.0 Å². The van der Waals surface area contributed by atoms with Crippen molar-refractivity contribution < 1.29 is 0 Å². The molecule has 0 saturated heterocycles. The summed E-state index contributed by atoms with van der Waals surface area (Å²) in [6.45, 7) is 9.53. The van der Waals surface area contributed by atoms with Crippen molar-refractivity contribution in [3.05, 3.63) is 277 Å². The summed E-state index contributed by atoms with van der Waals surface area (Å²) in [6.07, 6.45) is 0. The highest BCUT2D eigenvalue weighted by atomic mass is 15.0. The fourth-order valence-electron chi connectivity index (χ4n) is 14.3. The second-order valence-electron chi connectivity index (χ2n) is 23.7. The van der Waals surface area contributed by atoms with Crippen LogP contribution in [0.2, 0.25) is 0 Å². The van der Waals surface area contributed by atoms with E-state index in [4.69, 9.17) is 11.5 Å².